The molecule has 0 aromatic carbocycles. The number of hydrogen-bond donors (Lipinski definition) is 1. The zero-order valence-electron chi connectivity index (χ0n) is 10.3. The van der Waals surface area contributed by atoms with Crippen LogP contribution >= 0.6 is 11.6 Å². The number of nitrogens with one attached hydrogen (secondary N) is 1. The summed E-state index contributed by atoms with van der Waals surface area (Å²) in [6, 6.07) is 0. The summed E-state index contributed by atoms with van der Waals surface area (Å²) in [6.07, 6.45) is 2.38. The van der Waals surface area contributed by atoms with E-state index in [1.165, 1.54) is 10.5 Å². The van der Waals surface area contributed by atoms with E-state index in [0.29, 0.717) is 18.0 Å². The molecule has 1 aromatic heterocycles. The maximum absolute atomic E-state index is 12.2. The van der Waals surface area contributed by atoms with Gasteiger partial charge in [0.15, 0.2) is 5.03 Å². The van der Waals surface area contributed by atoms with Gasteiger partial charge in [-0.25, -0.2) is 8.42 Å². The van der Waals surface area contributed by atoms with Crippen LogP contribution < -0.4 is 0 Å². The van der Waals surface area contributed by atoms with E-state index in [1.54, 1.807) is 7.05 Å². The molecule has 1 aromatic rings. The number of H-pyrrole nitrogens is 1. The first-order valence-corrected chi connectivity index (χ1v) is 7.45. The zero-order chi connectivity index (χ0) is 13.1. The van der Waals surface area contributed by atoms with Crippen molar-refractivity contribution in [3.8, 4) is 0 Å². The van der Waals surface area contributed by atoms with E-state index in [0.717, 1.165) is 6.42 Å². The molecule has 17 heavy (non-hydrogen) atoms. The number of hydrogen-bond acceptors (Lipinski definition) is 3. The molecule has 0 aliphatic carbocycles. The third kappa shape index (κ3) is 3.20. The molecule has 1 unspecified atom stereocenters. The van der Waals surface area contributed by atoms with Crippen LogP contribution in [0.1, 0.15) is 25.8 Å². The Morgan fingerprint density at radius 1 is 1.59 bits per heavy atom. The molecule has 0 fully saturated rings. The highest BCUT2D eigenvalue weighted by atomic mass is 35.5. The molecule has 1 N–H and O–H groups in total. The number of nitrogens with zero attached hydrogens (tertiary/aromatic N) is 2. The topological polar surface area (TPSA) is 66.1 Å². The molecule has 0 bridgehead atoms. The molecule has 7 heteroatoms. The smallest absolute Gasteiger partial charge is 0.260 e. The second-order valence-corrected chi connectivity index (χ2v) is 6.41. The Balaban J connectivity index is 2.95. The van der Waals surface area contributed by atoms with Gasteiger partial charge in [-0.3, -0.25) is 5.10 Å². The summed E-state index contributed by atoms with van der Waals surface area (Å²) in [7, 11) is -1.94. The summed E-state index contributed by atoms with van der Waals surface area (Å²) in [6.45, 7) is 4.53. The average Bonchev–Trinajstić information content (AvgIpc) is 2.77. The van der Waals surface area contributed by atoms with Gasteiger partial charge in [-0.05, 0) is 5.92 Å². The van der Waals surface area contributed by atoms with Gasteiger partial charge in [-0.2, -0.15) is 9.40 Å². The van der Waals surface area contributed by atoms with Crippen molar-refractivity contribution in [3.63, 3.8) is 0 Å². The molecule has 1 heterocycles. The van der Waals surface area contributed by atoms with E-state index in [-0.39, 0.29) is 10.9 Å². The van der Waals surface area contributed by atoms with Crippen molar-refractivity contribution < 1.29 is 8.42 Å². The lowest BCUT2D eigenvalue weighted by atomic mass is 10.1. The molecule has 5 nitrogen and oxygen atoms in total. The van der Waals surface area contributed by atoms with Crippen LogP contribution in [0.3, 0.4) is 0 Å². The lowest BCUT2D eigenvalue weighted by Gasteiger charge is -2.19. The van der Waals surface area contributed by atoms with Crippen LogP contribution in [0.5, 0.6) is 0 Å². The molecule has 0 saturated heterocycles. The van der Waals surface area contributed by atoms with Crippen LogP contribution in [-0.2, 0) is 15.9 Å². The summed E-state index contributed by atoms with van der Waals surface area (Å²) < 4.78 is 25.8. The van der Waals surface area contributed by atoms with Crippen molar-refractivity contribution in [1.29, 1.82) is 0 Å². The van der Waals surface area contributed by atoms with Gasteiger partial charge < -0.3 is 0 Å². The predicted octanol–water partition coefficient (Wildman–Crippen LogP) is 1.82. The minimum Gasteiger partial charge on any atom is -0.266 e. The van der Waals surface area contributed by atoms with Gasteiger partial charge >= 0.3 is 0 Å². The second-order valence-electron chi connectivity index (χ2n) is 4.16. The van der Waals surface area contributed by atoms with Crippen LogP contribution in [0.25, 0.3) is 0 Å². The van der Waals surface area contributed by atoms with Crippen LogP contribution in [0, 0.1) is 5.92 Å². The van der Waals surface area contributed by atoms with Gasteiger partial charge in [0.05, 0.1) is 12.1 Å². The summed E-state index contributed by atoms with van der Waals surface area (Å²) in [5, 5.41) is 6.33. The number of sulfonamides is 1. The fourth-order valence-electron chi connectivity index (χ4n) is 1.44. The molecule has 1 atom stereocenters. The first-order valence-electron chi connectivity index (χ1n) is 5.48. The Kier molecular flexibility index (Phi) is 4.97. The van der Waals surface area contributed by atoms with Gasteiger partial charge in [0, 0.05) is 19.2 Å². The Labute approximate surface area is 107 Å². The molecular formula is C10H18ClN3O2S. The van der Waals surface area contributed by atoms with Crippen molar-refractivity contribution in [2.45, 2.75) is 31.2 Å². The molecule has 0 aliphatic rings. The van der Waals surface area contributed by atoms with Crippen LogP contribution in [0.2, 0.25) is 0 Å². The summed E-state index contributed by atoms with van der Waals surface area (Å²) in [5.74, 6) is 0.444. The highest BCUT2D eigenvalue weighted by molar-refractivity contribution is 7.89. The normalized spacial score (nSPS) is 14.2. The van der Waals surface area contributed by atoms with Crippen molar-refractivity contribution >= 4 is 21.6 Å². The van der Waals surface area contributed by atoms with Crippen molar-refractivity contribution in [2.75, 3.05) is 13.6 Å². The Bertz CT molecular complexity index is 458. The molecule has 0 radical (unpaired) electrons. The lowest BCUT2D eigenvalue weighted by Crippen LogP contribution is -2.31. The summed E-state index contributed by atoms with van der Waals surface area (Å²) in [5.41, 5.74) is 0.502. The van der Waals surface area contributed by atoms with E-state index >= 15 is 0 Å². The summed E-state index contributed by atoms with van der Waals surface area (Å²) in [4.78, 5) is 0. The van der Waals surface area contributed by atoms with Gasteiger partial charge in [-0.1, -0.05) is 20.3 Å². The number of halogens is 1. The van der Waals surface area contributed by atoms with Gasteiger partial charge in [0.25, 0.3) is 10.0 Å². The first kappa shape index (κ1) is 14.5. The fourth-order valence-corrected chi connectivity index (χ4v) is 3.11. The number of alkyl halides is 1. The molecule has 0 amide bonds. The maximum Gasteiger partial charge on any atom is 0.260 e. The van der Waals surface area contributed by atoms with Crippen molar-refractivity contribution in [1.82, 2.24) is 14.5 Å². The quantitative estimate of drug-likeness (QED) is 0.808. The largest absolute Gasteiger partial charge is 0.266 e. The Morgan fingerprint density at radius 2 is 2.24 bits per heavy atom. The summed E-state index contributed by atoms with van der Waals surface area (Å²) >= 11 is 5.67. The number of aromatic nitrogens is 2. The van der Waals surface area contributed by atoms with E-state index in [2.05, 4.69) is 10.2 Å². The lowest BCUT2D eigenvalue weighted by molar-refractivity contribution is 0.392. The predicted molar refractivity (Wildman–Crippen MR) is 67.4 cm³/mol. The minimum absolute atomic E-state index is 0.0957. The third-order valence-corrected chi connectivity index (χ3v) is 4.88. The van der Waals surface area contributed by atoms with Crippen LogP contribution in [0.4, 0.5) is 0 Å². The number of rotatable bonds is 6. The van der Waals surface area contributed by atoms with Crippen molar-refractivity contribution in [3.05, 3.63) is 11.8 Å². The molecule has 1 rings (SSSR count). The molecular weight excluding hydrogens is 262 g/mol. The Morgan fingerprint density at radius 3 is 2.76 bits per heavy atom. The first-order chi connectivity index (χ1) is 7.93. The van der Waals surface area contributed by atoms with E-state index < -0.39 is 10.0 Å². The fraction of sp³-hybridized carbons (Fsp3) is 0.700. The average molecular weight is 280 g/mol. The molecule has 0 saturated carbocycles. The van der Waals surface area contributed by atoms with E-state index in [9.17, 15) is 8.42 Å². The highest BCUT2D eigenvalue weighted by Gasteiger charge is 2.26. The van der Waals surface area contributed by atoms with Gasteiger partial charge in [-0.15, -0.1) is 11.6 Å². The van der Waals surface area contributed by atoms with Gasteiger partial charge in [0.2, 0.25) is 0 Å². The molecule has 98 valence electrons. The maximum atomic E-state index is 12.2. The van der Waals surface area contributed by atoms with Gasteiger partial charge in [0.1, 0.15) is 0 Å². The zero-order valence-corrected chi connectivity index (χ0v) is 11.8. The van der Waals surface area contributed by atoms with Crippen LogP contribution in [-0.4, -0.2) is 36.5 Å². The van der Waals surface area contributed by atoms with E-state index in [4.69, 9.17) is 11.6 Å². The van der Waals surface area contributed by atoms with E-state index in [1.807, 2.05) is 13.8 Å². The number of aromatic amines is 1. The standard InChI is InChI=1S/C10H18ClN3O2S/c1-4-8(2)7-14(3)17(15,16)10-9(5-11)6-12-13-10/h6,8H,4-5,7H2,1-3H3,(H,12,13). The monoisotopic (exact) mass is 279 g/mol. The molecule has 0 spiro atoms. The third-order valence-electron chi connectivity index (χ3n) is 2.76. The minimum atomic E-state index is -3.51. The second kappa shape index (κ2) is 5.84. The van der Waals surface area contributed by atoms with Crippen molar-refractivity contribution in [2.24, 2.45) is 5.92 Å². The highest BCUT2D eigenvalue weighted by Crippen LogP contribution is 2.19. The van der Waals surface area contributed by atoms with Crippen LogP contribution in [0.15, 0.2) is 11.2 Å². The Hall–Kier alpha value is -0.590. The molecule has 0 aliphatic heterocycles. The SMILES string of the molecule is CCC(C)CN(C)S(=O)(=O)c1[nH]ncc1CCl.